The van der Waals surface area contributed by atoms with Gasteiger partial charge in [-0.25, -0.2) is 68.0 Å². The van der Waals surface area contributed by atoms with Crippen LogP contribution in [0.5, 0.6) is 0 Å². The lowest BCUT2D eigenvalue weighted by Gasteiger charge is -2.16. The van der Waals surface area contributed by atoms with Crippen molar-refractivity contribution in [2.75, 3.05) is 21.3 Å². The average Bonchev–Trinajstić information content (AvgIpc) is 1.57. The molecule has 0 saturated carbocycles. The number of hydrogen-bond acceptors (Lipinski definition) is 19. The number of aromatic amines is 4. The van der Waals surface area contributed by atoms with Crippen molar-refractivity contribution >= 4 is 135 Å². The van der Waals surface area contributed by atoms with Gasteiger partial charge in [-0.05, 0) is 141 Å². The molecule has 19 aromatic rings. The zero-order valence-electron chi connectivity index (χ0n) is 62.1. The summed E-state index contributed by atoms with van der Waals surface area (Å²) < 4.78 is 164. The first kappa shape index (κ1) is 78.4. The van der Waals surface area contributed by atoms with E-state index in [2.05, 4.69) is 112 Å². The van der Waals surface area contributed by atoms with Gasteiger partial charge in [0.25, 0.3) is 0 Å². The van der Waals surface area contributed by atoms with E-state index in [0.29, 0.717) is 92.0 Å². The summed E-state index contributed by atoms with van der Waals surface area (Å²) in [6, 6.07) is 54.8. The van der Waals surface area contributed by atoms with Gasteiger partial charge in [0.2, 0.25) is 0 Å². The maximum absolute atomic E-state index is 14.0. The Kier molecular flexibility index (Phi) is 21.2. The summed E-state index contributed by atoms with van der Waals surface area (Å²) in [5, 5.41) is 45.3. The fourth-order valence-corrected chi connectivity index (χ4v) is 14.0. The fraction of sp³-hybridized carbons (Fsp3) is 0.0941. The summed E-state index contributed by atoms with van der Waals surface area (Å²) in [5.41, 5.74) is 2.79. The Morgan fingerprint density at radius 3 is 1.17 bits per heavy atom. The van der Waals surface area contributed by atoms with E-state index in [-0.39, 0.29) is 68.0 Å². The SMILES string of the molecule is Clc1ccccc1-c1nc(Nc2n[nH]c3ccccc23)c2cccnc2n1.FC(F)(F)c1ccccc1-c1nc(Nc2n[nH]c3ccccc23)c2cccnc2n1.Fc1cc(F)c2[nH]nc(Nc3nc(-c4ccccc4C(F)(F)F)nc4ncccc34)c2c1.Fc1ccc2[nH]nc(Nc3nc(-c4ccccc4C(F)(F)F)nc4c3CCCCC4)c2c1. The molecule has 121 heavy (non-hydrogen) atoms. The van der Waals surface area contributed by atoms with Gasteiger partial charge >= 0.3 is 18.5 Å². The Balaban J connectivity index is 0.000000115. The number of aromatic nitrogens is 19. The van der Waals surface area contributed by atoms with Gasteiger partial charge in [-0.3, -0.25) is 20.4 Å². The molecule has 0 aliphatic heterocycles. The number of fused-ring (bicyclic) bond motifs is 8. The summed E-state index contributed by atoms with van der Waals surface area (Å²) in [4.78, 5) is 48.2. The van der Waals surface area contributed by atoms with Crippen LogP contribution in [0.1, 0.15) is 47.2 Å². The minimum Gasteiger partial charge on any atom is -0.323 e. The first-order chi connectivity index (χ1) is 58.5. The number of para-hydroxylation sites is 2. The van der Waals surface area contributed by atoms with Gasteiger partial charge in [0, 0.05) is 74.3 Å². The van der Waals surface area contributed by atoms with E-state index >= 15 is 0 Å². The number of anilines is 8. The van der Waals surface area contributed by atoms with Crippen molar-refractivity contribution < 1.29 is 52.7 Å². The molecule has 23 nitrogen and oxygen atoms in total. The van der Waals surface area contributed by atoms with Crippen LogP contribution < -0.4 is 21.3 Å². The lowest BCUT2D eigenvalue weighted by atomic mass is 10.0. The topological polar surface area (TPSA) is 305 Å². The molecule has 11 heterocycles. The number of rotatable bonds is 12. The highest BCUT2D eigenvalue weighted by Crippen LogP contribution is 2.43. The largest absolute Gasteiger partial charge is 0.417 e. The fourth-order valence-electron chi connectivity index (χ4n) is 13.7. The molecule has 8 aromatic carbocycles. The highest BCUT2D eigenvalue weighted by atomic mass is 35.5. The Labute approximate surface area is 678 Å². The number of hydrogen-bond donors (Lipinski definition) is 8. The van der Waals surface area contributed by atoms with Gasteiger partial charge in [0.1, 0.15) is 40.4 Å². The number of H-pyrrole nitrogens is 4. The second-order valence-electron chi connectivity index (χ2n) is 27.2. The number of benzene rings is 8. The van der Waals surface area contributed by atoms with Crippen molar-refractivity contribution in [1.29, 1.82) is 0 Å². The second-order valence-corrected chi connectivity index (χ2v) is 27.6. The number of halogens is 13. The lowest BCUT2D eigenvalue weighted by Crippen LogP contribution is -2.11. The Morgan fingerprint density at radius 2 is 0.678 bits per heavy atom. The van der Waals surface area contributed by atoms with Crippen molar-refractivity contribution in [2.45, 2.75) is 50.6 Å². The van der Waals surface area contributed by atoms with Crippen LogP contribution in [0.4, 0.5) is 99.2 Å². The molecule has 602 valence electrons. The maximum atomic E-state index is 14.0. The molecule has 0 radical (unpaired) electrons. The van der Waals surface area contributed by atoms with Crippen LogP contribution in [-0.2, 0) is 31.4 Å². The first-order valence-electron chi connectivity index (χ1n) is 36.9. The number of nitrogens with zero attached hydrogens (tertiary/aromatic N) is 15. The Bertz CT molecular complexity index is 7110. The molecule has 0 bridgehead atoms. The molecule has 0 spiro atoms. The Hall–Kier alpha value is -15.2. The summed E-state index contributed by atoms with van der Waals surface area (Å²) in [7, 11) is 0. The standard InChI is InChI=1S/C23H19F4N5.C21H11F5N6.C21H13F3N6.C20H13ClN6/c24-13-10-11-19-16(12-13)22(32-31-19)30-21-15-7-2-1-3-9-18(15)28-20(29-21)14-6-4-5-8-17(14)23(25,26)27;22-10-8-13-16(15(23)9-10)31-32-20(13)30-19-12-5-3-7-27-17(12)28-18(29-19)11-4-1-2-6-14(11)21(24,25)26;22-21(23,24)15-9-3-1-6-12(15)18-26-17-14(8-5-11-25-17)19(27-18)28-20-13-7-2-4-10-16(13)29-30-20;21-15-9-3-1-6-12(15)18-23-17-14(8-5-11-22-17)19(24-18)25-20-13-7-2-4-10-16(13)26-27-20/h4-6,8,10-12H,1-3,7,9H2,(H2,28,29,30,31,32);1-9H,(H2,27,28,29,30,31,32);1-11H,(H2,25,26,27,28,29,30);1-11H,(H2,22,23,24,25,26,27). The molecule has 20 rings (SSSR count). The van der Waals surface area contributed by atoms with Gasteiger partial charge in [-0.1, -0.05) is 109 Å². The number of alkyl halides is 9. The lowest BCUT2D eigenvalue weighted by molar-refractivity contribution is -0.137. The van der Waals surface area contributed by atoms with Crippen LogP contribution in [0.25, 0.3) is 122 Å². The predicted molar refractivity (Wildman–Crippen MR) is 434 cm³/mol. The van der Waals surface area contributed by atoms with Gasteiger partial charge < -0.3 is 21.3 Å². The molecular formula is C85H56ClF12N23. The monoisotopic (exact) mass is 1660 g/mol. The summed E-state index contributed by atoms with van der Waals surface area (Å²) in [6.07, 6.45) is -4.82. The van der Waals surface area contributed by atoms with Gasteiger partial charge in [-0.15, -0.1) is 0 Å². The minimum atomic E-state index is -4.62. The highest BCUT2D eigenvalue weighted by molar-refractivity contribution is 6.33. The quantitative estimate of drug-likeness (QED) is 0.0416. The molecular weight excluding hydrogens is 1610 g/mol. The summed E-state index contributed by atoms with van der Waals surface area (Å²) in [6.45, 7) is 0. The smallest absolute Gasteiger partial charge is 0.323 e. The number of pyridine rings is 3. The van der Waals surface area contributed by atoms with Crippen LogP contribution in [0, 0.1) is 17.5 Å². The molecule has 0 saturated heterocycles. The van der Waals surface area contributed by atoms with Crippen molar-refractivity contribution in [1.82, 2.24) is 95.6 Å². The van der Waals surface area contributed by atoms with E-state index in [9.17, 15) is 52.7 Å². The van der Waals surface area contributed by atoms with Crippen LogP contribution in [0.3, 0.4) is 0 Å². The van der Waals surface area contributed by atoms with E-state index in [1.54, 1.807) is 36.5 Å². The van der Waals surface area contributed by atoms with Crippen molar-refractivity contribution in [2.24, 2.45) is 0 Å². The third-order valence-corrected chi connectivity index (χ3v) is 19.7. The number of aryl methyl sites for hydroxylation is 1. The highest BCUT2D eigenvalue weighted by Gasteiger charge is 2.37. The second kappa shape index (κ2) is 32.7. The maximum Gasteiger partial charge on any atom is 0.417 e. The molecule has 8 N–H and O–H groups in total. The Morgan fingerprint density at radius 1 is 0.306 bits per heavy atom. The first-order valence-corrected chi connectivity index (χ1v) is 37.3. The molecule has 1 aliphatic carbocycles. The molecule has 0 fully saturated rings. The van der Waals surface area contributed by atoms with E-state index in [0.717, 1.165) is 87.5 Å². The molecule has 0 amide bonds. The van der Waals surface area contributed by atoms with Gasteiger partial charge in [0.15, 0.2) is 69.3 Å². The molecule has 36 heteroatoms. The van der Waals surface area contributed by atoms with Gasteiger partial charge in [-0.2, -0.15) is 59.9 Å². The summed E-state index contributed by atoms with van der Waals surface area (Å²) in [5.74, 6) is 1.18. The van der Waals surface area contributed by atoms with E-state index in [1.807, 2.05) is 84.9 Å². The van der Waals surface area contributed by atoms with E-state index < -0.39 is 52.7 Å². The van der Waals surface area contributed by atoms with Crippen molar-refractivity contribution in [3.63, 3.8) is 0 Å². The van der Waals surface area contributed by atoms with Crippen LogP contribution in [0.2, 0.25) is 5.02 Å². The third kappa shape index (κ3) is 16.5. The van der Waals surface area contributed by atoms with Crippen LogP contribution in [0.15, 0.2) is 231 Å². The van der Waals surface area contributed by atoms with Crippen molar-refractivity contribution in [3.8, 4) is 45.6 Å². The molecule has 0 atom stereocenters. The van der Waals surface area contributed by atoms with Crippen molar-refractivity contribution in [3.05, 3.63) is 281 Å². The van der Waals surface area contributed by atoms with E-state index in [1.165, 1.54) is 79.1 Å². The zero-order chi connectivity index (χ0) is 83.7. The average molecular weight is 1660 g/mol. The summed E-state index contributed by atoms with van der Waals surface area (Å²) >= 11 is 6.34. The minimum absolute atomic E-state index is 0.00657. The third-order valence-electron chi connectivity index (χ3n) is 19.4. The van der Waals surface area contributed by atoms with Crippen LogP contribution >= 0.6 is 11.6 Å². The normalized spacial score (nSPS) is 12.3. The number of nitrogens with one attached hydrogen (secondary N) is 8. The van der Waals surface area contributed by atoms with Gasteiger partial charge in [0.05, 0.1) is 59.8 Å². The zero-order valence-corrected chi connectivity index (χ0v) is 62.9. The molecule has 11 aromatic heterocycles. The molecule has 0 unspecified atom stereocenters. The molecule has 1 aliphatic rings. The predicted octanol–water partition coefficient (Wildman–Crippen LogP) is 22.1. The van der Waals surface area contributed by atoms with Crippen LogP contribution in [-0.4, -0.2) is 95.6 Å². The van der Waals surface area contributed by atoms with E-state index in [4.69, 9.17) is 16.6 Å².